The van der Waals surface area contributed by atoms with Crippen LogP contribution in [0.2, 0.25) is 0 Å². The number of carbonyl (C=O) groups is 1. The largest absolute Gasteiger partial charge is 0.467 e. The molecule has 2 aliphatic rings. The third-order valence-corrected chi connectivity index (χ3v) is 6.58. The molecule has 3 aromatic rings. The Morgan fingerprint density at radius 1 is 1.10 bits per heavy atom. The normalized spacial score (nSPS) is 16.5. The second-order valence-corrected chi connectivity index (χ2v) is 8.71. The minimum Gasteiger partial charge on any atom is -0.467 e. The van der Waals surface area contributed by atoms with Gasteiger partial charge in [0.25, 0.3) is 5.91 Å². The molecule has 5 rings (SSSR count). The van der Waals surface area contributed by atoms with E-state index in [1.165, 1.54) is 18.4 Å². The highest BCUT2D eigenvalue weighted by Crippen LogP contribution is 2.40. The summed E-state index contributed by atoms with van der Waals surface area (Å²) in [5.41, 5.74) is 1.95. The maximum absolute atomic E-state index is 12.5. The van der Waals surface area contributed by atoms with Crippen LogP contribution in [-0.4, -0.2) is 38.7 Å². The predicted octanol–water partition coefficient (Wildman–Crippen LogP) is 4.33. The molecule has 1 aliphatic heterocycles. The number of carbonyl (C=O) groups excluding carboxylic acids is 1. The molecule has 1 saturated heterocycles. The Morgan fingerprint density at radius 3 is 2.59 bits per heavy atom. The van der Waals surface area contributed by atoms with Gasteiger partial charge in [0, 0.05) is 30.3 Å². The molecule has 0 bridgehead atoms. The molecule has 0 atom stereocenters. The lowest BCUT2D eigenvalue weighted by molar-refractivity contribution is 0.0793. The summed E-state index contributed by atoms with van der Waals surface area (Å²) in [4.78, 5) is 14.4. The molecular weight excluding hydrogens is 384 g/mol. The standard InChI is InChI=1S/C22H24N4O2S/c27-21(25-11-1-2-12-25)18-7-5-16(6-8-18)15-29-22-24-23-20(17-9-10-17)26(22)14-19-4-3-13-28-19/h3-8,13,17H,1-2,9-12,14-15H2. The van der Waals surface area contributed by atoms with Crippen LogP contribution in [0.4, 0.5) is 0 Å². The van der Waals surface area contributed by atoms with Gasteiger partial charge in [-0.25, -0.2) is 0 Å². The molecule has 7 heteroatoms. The van der Waals surface area contributed by atoms with Crippen molar-refractivity contribution in [1.82, 2.24) is 19.7 Å². The van der Waals surface area contributed by atoms with Crippen molar-refractivity contribution in [3.63, 3.8) is 0 Å². The van der Waals surface area contributed by atoms with E-state index in [0.717, 1.165) is 54.0 Å². The van der Waals surface area contributed by atoms with Crippen LogP contribution in [0, 0.1) is 0 Å². The Balaban J connectivity index is 1.27. The van der Waals surface area contributed by atoms with E-state index < -0.39 is 0 Å². The van der Waals surface area contributed by atoms with Crippen molar-refractivity contribution in [3.8, 4) is 0 Å². The Morgan fingerprint density at radius 2 is 1.90 bits per heavy atom. The first-order valence-electron chi connectivity index (χ1n) is 10.2. The topological polar surface area (TPSA) is 64.2 Å². The second-order valence-electron chi connectivity index (χ2n) is 7.77. The number of hydrogen-bond acceptors (Lipinski definition) is 5. The van der Waals surface area contributed by atoms with Gasteiger partial charge in [-0.15, -0.1) is 10.2 Å². The Hall–Kier alpha value is -2.54. The summed E-state index contributed by atoms with van der Waals surface area (Å²) in [7, 11) is 0. The van der Waals surface area contributed by atoms with Crippen molar-refractivity contribution in [2.45, 2.75) is 49.1 Å². The van der Waals surface area contributed by atoms with Crippen LogP contribution in [-0.2, 0) is 12.3 Å². The van der Waals surface area contributed by atoms with Crippen LogP contribution in [0.5, 0.6) is 0 Å². The summed E-state index contributed by atoms with van der Waals surface area (Å²) in [6.45, 7) is 2.42. The lowest BCUT2D eigenvalue weighted by atomic mass is 10.1. The molecule has 3 heterocycles. The van der Waals surface area contributed by atoms with Crippen LogP contribution in [0.15, 0.2) is 52.2 Å². The van der Waals surface area contributed by atoms with E-state index in [9.17, 15) is 4.79 Å². The number of nitrogens with zero attached hydrogens (tertiary/aromatic N) is 4. The molecule has 1 saturated carbocycles. The van der Waals surface area contributed by atoms with Crippen LogP contribution >= 0.6 is 11.8 Å². The number of aromatic nitrogens is 3. The van der Waals surface area contributed by atoms with E-state index in [1.807, 2.05) is 41.3 Å². The Kier molecular flexibility index (Phi) is 5.14. The van der Waals surface area contributed by atoms with Crippen molar-refractivity contribution in [2.75, 3.05) is 13.1 Å². The van der Waals surface area contributed by atoms with Gasteiger partial charge in [0.1, 0.15) is 11.6 Å². The smallest absolute Gasteiger partial charge is 0.253 e. The quantitative estimate of drug-likeness (QED) is 0.545. The van der Waals surface area contributed by atoms with Gasteiger partial charge in [0.2, 0.25) is 0 Å². The minimum atomic E-state index is 0.147. The second kappa shape index (κ2) is 8.06. The highest BCUT2D eigenvalue weighted by Gasteiger charge is 2.30. The van der Waals surface area contributed by atoms with Crippen LogP contribution < -0.4 is 0 Å². The van der Waals surface area contributed by atoms with Crippen LogP contribution in [0.1, 0.15) is 59.1 Å². The first kappa shape index (κ1) is 18.5. The lowest BCUT2D eigenvalue weighted by Gasteiger charge is -2.15. The minimum absolute atomic E-state index is 0.147. The zero-order valence-corrected chi connectivity index (χ0v) is 17.1. The highest BCUT2D eigenvalue weighted by molar-refractivity contribution is 7.98. The van der Waals surface area contributed by atoms with Crippen LogP contribution in [0.3, 0.4) is 0 Å². The molecule has 0 spiro atoms. The van der Waals surface area contributed by atoms with E-state index >= 15 is 0 Å². The molecule has 29 heavy (non-hydrogen) atoms. The van der Waals surface area contributed by atoms with Crippen molar-refractivity contribution in [3.05, 3.63) is 65.4 Å². The molecule has 2 fully saturated rings. The average molecular weight is 409 g/mol. The molecule has 0 unspecified atom stereocenters. The fourth-order valence-corrected chi connectivity index (χ4v) is 4.65. The summed E-state index contributed by atoms with van der Waals surface area (Å²) >= 11 is 1.68. The maximum atomic E-state index is 12.5. The number of likely N-dealkylation sites (tertiary alicyclic amines) is 1. The van der Waals surface area contributed by atoms with Gasteiger partial charge in [-0.2, -0.15) is 0 Å². The van der Waals surface area contributed by atoms with Gasteiger partial charge in [-0.05, 0) is 55.5 Å². The summed E-state index contributed by atoms with van der Waals surface area (Å²) in [6, 6.07) is 11.9. The van der Waals surface area contributed by atoms with Gasteiger partial charge < -0.3 is 9.32 Å². The predicted molar refractivity (Wildman–Crippen MR) is 111 cm³/mol. The van der Waals surface area contributed by atoms with Crippen molar-refractivity contribution in [2.24, 2.45) is 0 Å². The summed E-state index contributed by atoms with van der Waals surface area (Å²) in [6.07, 6.45) is 6.30. The molecule has 1 aromatic carbocycles. The molecule has 2 aromatic heterocycles. The molecule has 150 valence electrons. The van der Waals surface area contributed by atoms with E-state index in [2.05, 4.69) is 14.8 Å². The molecule has 6 nitrogen and oxygen atoms in total. The van der Waals surface area contributed by atoms with E-state index in [1.54, 1.807) is 18.0 Å². The Labute approximate surface area is 174 Å². The van der Waals surface area contributed by atoms with Gasteiger partial charge in [0.15, 0.2) is 5.16 Å². The zero-order chi connectivity index (χ0) is 19.6. The lowest BCUT2D eigenvalue weighted by Crippen LogP contribution is -2.27. The van der Waals surface area contributed by atoms with Crippen molar-refractivity contribution < 1.29 is 9.21 Å². The van der Waals surface area contributed by atoms with E-state index in [0.29, 0.717) is 12.5 Å². The monoisotopic (exact) mass is 408 g/mol. The highest BCUT2D eigenvalue weighted by atomic mass is 32.2. The van der Waals surface area contributed by atoms with Crippen molar-refractivity contribution in [1.29, 1.82) is 0 Å². The van der Waals surface area contributed by atoms with Gasteiger partial charge in [0.05, 0.1) is 12.8 Å². The average Bonchev–Trinajstić information content (AvgIpc) is 3.17. The Bertz CT molecular complexity index is 971. The first-order chi connectivity index (χ1) is 14.3. The summed E-state index contributed by atoms with van der Waals surface area (Å²) in [5, 5.41) is 9.81. The van der Waals surface area contributed by atoms with E-state index in [-0.39, 0.29) is 5.91 Å². The number of rotatable bonds is 7. The summed E-state index contributed by atoms with van der Waals surface area (Å²) in [5.74, 6) is 3.45. The van der Waals surface area contributed by atoms with Crippen LogP contribution in [0.25, 0.3) is 0 Å². The number of benzene rings is 1. The molecular formula is C22H24N4O2S. The van der Waals surface area contributed by atoms with Crippen molar-refractivity contribution >= 4 is 17.7 Å². The third-order valence-electron chi connectivity index (χ3n) is 5.54. The van der Waals surface area contributed by atoms with Gasteiger partial charge in [-0.3, -0.25) is 9.36 Å². The van der Waals surface area contributed by atoms with Gasteiger partial charge in [-0.1, -0.05) is 23.9 Å². The fraction of sp³-hybridized carbons (Fsp3) is 0.409. The SMILES string of the molecule is O=C(c1ccc(CSc2nnc(C3CC3)n2Cc2ccco2)cc1)N1CCCC1. The number of hydrogen-bond donors (Lipinski definition) is 0. The maximum Gasteiger partial charge on any atom is 0.253 e. The first-order valence-corrected chi connectivity index (χ1v) is 11.2. The number of amides is 1. The number of thioether (sulfide) groups is 1. The molecule has 0 radical (unpaired) electrons. The molecule has 0 N–H and O–H groups in total. The third kappa shape index (κ3) is 4.10. The summed E-state index contributed by atoms with van der Waals surface area (Å²) < 4.78 is 7.72. The molecule has 1 amide bonds. The fourth-order valence-electron chi connectivity index (χ4n) is 3.75. The van der Waals surface area contributed by atoms with Gasteiger partial charge >= 0.3 is 0 Å². The zero-order valence-electron chi connectivity index (χ0n) is 16.3. The van der Waals surface area contributed by atoms with E-state index in [4.69, 9.17) is 4.42 Å². The number of furan rings is 1. The molecule has 1 aliphatic carbocycles.